The van der Waals surface area contributed by atoms with Crippen molar-refractivity contribution in [2.45, 2.75) is 26.1 Å². The zero-order valence-corrected chi connectivity index (χ0v) is 20.4. The van der Waals surface area contributed by atoms with E-state index in [9.17, 15) is 0 Å². The molecule has 4 rings (SSSR count). The second-order valence-corrected chi connectivity index (χ2v) is 7.79. The predicted molar refractivity (Wildman–Crippen MR) is 134 cm³/mol. The molecule has 2 heterocycles. The first-order valence-electron chi connectivity index (χ1n) is 10.8. The number of nitrogens with zero attached hydrogens (tertiary/aromatic N) is 2. The van der Waals surface area contributed by atoms with E-state index in [0.29, 0.717) is 25.7 Å². The molecule has 7 heteroatoms. The Kier molecular flexibility index (Phi) is 9.27. The van der Waals surface area contributed by atoms with Crippen LogP contribution < -0.4 is 14.8 Å². The van der Waals surface area contributed by atoms with Crippen LogP contribution in [0.5, 0.6) is 11.5 Å². The standard InChI is InChI=1S/C24H31N3O3.HI/c1-2-25-24(26-14-21-18-29-22-10-6-7-11-23(22)30-21)27-13-12-20(15-27)17-28-16-19-8-4-3-5-9-19;/h3-11,20-21H,2,12-18H2,1H3,(H,25,26);1H. The highest BCUT2D eigenvalue weighted by atomic mass is 127. The molecule has 0 aliphatic carbocycles. The molecule has 0 bridgehead atoms. The maximum Gasteiger partial charge on any atom is 0.194 e. The number of rotatable bonds is 7. The van der Waals surface area contributed by atoms with Crippen molar-refractivity contribution >= 4 is 29.9 Å². The van der Waals surface area contributed by atoms with Gasteiger partial charge in [0.1, 0.15) is 6.61 Å². The van der Waals surface area contributed by atoms with Gasteiger partial charge < -0.3 is 24.4 Å². The third-order valence-electron chi connectivity index (χ3n) is 5.40. The van der Waals surface area contributed by atoms with Gasteiger partial charge in [-0.25, -0.2) is 4.99 Å². The molecular formula is C24H32IN3O3. The Hall–Kier alpha value is -2.00. The average molecular weight is 537 g/mol. The number of nitrogens with one attached hydrogen (secondary N) is 1. The fourth-order valence-electron chi connectivity index (χ4n) is 3.85. The van der Waals surface area contributed by atoms with Crippen molar-refractivity contribution in [2.24, 2.45) is 10.9 Å². The van der Waals surface area contributed by atoms with E-state index in [1.807, 2.05) is 30.3 Å². The summed E-state index contributed by atoms with van der Waals surface area (Å²) in [5.41, 5.74) is 1.22. The molecule has 0 aromatic heterocycles. The SMILES string of the molecule is CCNC(=NCC1COc2ccccc2O1)N1CCC(COCc2ccccc2)C1.I. The van der Waals surface area contributed by atoms with Crippen LogP contribution in [-0.4, -0.2) is 56.4 Å². The smallest absolute Gasteiger partial charge is 0.194 e. The minimum Gasteiger partial charge on any atom is -0.486 e. The highest BCUT2D eigenvalue weighted by Crippen LogP contribution is 2.30. The fraction of sp³-hybridized carbons (Fsp3) is 0.458. The summed E-state index contributed by atoms with van der Waals surface area (Å²) in [7, 11) is 0. The first kappa shape index (κ1) is 23.7. The molecule has 31 heavy (non-hydrogen) atoms. The summed E-state index contributed by atoms with van der Waals surface area (Å²) in [6, 6.07) is 18.1. The third-order valence-corrected chi connectivity index (χ3v) is 5.40. The Morgan fingerprint density at radius 3 is 2.71 bits per heavy atom. The zero-order chi connectivity index (χ0) is 20.6. The van der Waals surface area contributed by atoms with Gasteiger partial charge in [0.2, 0.25) is 0 Å². The summed E-state index contributed by atoms with van der Waals surface area (Å²) >= 11 is 0. The van der Waals surface area contributed by atoms with E-state index in [0.717, 1.165) is 50.1 Å². The van der Waals surface area contributed by atoms with Gasteiger partial charge in [0, 0.05) is 25.6 Å². The molecule has 2 unspecified atom stereocenters. The molecule has 1 saturated heterocycles. The number of benzene rings is 2. The van der Waals surface area contributed by atoms with Crippen LogP contribution in [0.3, 0.4) is 0 Å². The van der Waals surface area contributed by atoms with Crippen LogP contribution in [0.4, 0.5) is 0 Å². The maximum absolute atomic E-state index is 6.04. The molecule has 168 valence electrons. The average Bonchev–Trinajstić information content (AvgIpc) is 3.26. The van der Waals surface area contributed by atoms with E-state index in [1.165, 1.54) is 5.56 Å². The Bertz CT molecular complexity index is 834. The summed E-state index contributed by atoms with van der Waals surface area (Å²) in [6.45, 7) is 7.45. The Labute approximate surface area is 202 Å². The van der Waals surface area contributed by atoms with Crippen molar-refractivity contribution in [3.8, 4) is 11.5 Å². The highest BCUT2D eigenvalue weighted by molar-refractivity contribution is 14.0. The molecular weight excluding hydrogens is 505 g/mol. The van der Waals surface area contributed by atoms with Crippen LogP contribution in [-0.2, 0) is 11.3 Å². The van der Waals surface area contributed by atoms with Gasteiger partial charge in [0.15, 0.2) is 23.6 Å². The van der Waals surface area contributed by atoms with Crippen LogP contribution >= 0.6 is 24.0 Å². The normalized spacial score (nSPS) is 20.3. The number of hydrogen-bond donors (Lipinski definition) is 1. The van der Waals surface area contributed by atoms with E-state index in [2.05, 4.69) is 41.4 Å². The molecule has 0 spiro atoms. The van der Waals surface area contributed by atoms with E-state index in [4.69, 9.17) is 19.2 Å². The van der Waals surface area contributed by atoms with Crippen LogP contribution in [0.2, 0.25) is 0 Å². The predicted octanol–water partition coefficient (Wildman–Crippen LogP) is 3.95. The van der Waals surface area contributed by atoms with Gasteiger partial charge in [-0.15, -0.1) is 24.0 Å². The molecule has 1 fully saturated rings. The summed E-state index contributed by atoms with van der Waals surface area (Å²) in [4.78, 5) is 7.17. The molecule has 0 radical (unpaired) electrons. The Morgan fingerprint density at radius 1 is 1.13 bits per heavy atom. The van der Waals surface area contributed by atoms with E-state index in [-0.39, 0.29) is 30.1 Å². The molecule has 2 aliphatic heterocycles. The lowest BCUT2D eigenvalue weighted by atomic mass is 10.1. The summed E-state index contributed by atoms with van der Waals surface area (Å²) < 4.78 is 17.8. The summed E-state index contributed by atoms with van der Waals surface area (Å²) in [6.07, 6.45) is 1.05. The van der Waals surface area contributed by atoms with Gasteiger partial charge in [0.25, 0.3) is 0 Å². The van der Waals surface area contributed by atoms with Crippen molar-refractivity contribution in [3.05, 3.63) is 60.2 Å². The minimum absolute atomic E-state index is 0. The van der Waals surface area contributed by atoms with E-state index in [1.54, 1.807) is 0 Å². The minimum atomic E-state index is -0.0684. The number of halogens is 1. The lowest BCUT2D eigenvalue weighted by Crippen LogP contribution is -2.41. The first-order valence-corrected chi connectivity index (χ1v) is 10.8. The maximum atomic E-state index is 6.04. The number of para-hydroxylation sites is 2. The Balaban J connectivity index is 0.00000272. The number of guanidine groups is 1. The molecule has 6 nitrogen and oxygen atoms in total. The van der Waals surface area contributed by atoms with Gasteiger partial charge >= 0.3 is 0 Å². The molecule has 2 aliphatic rings. The van der Waals surface area contributed by atoms with E-state index < -0.39 is 0 Å². The van der Waals surface area contributed by atoms with Crippen LogP contribution in [0.15, 0.2) is 59.6 Å². The second kappa shape index (κ2) is 12.1. The molecule has 1 N–H and O–H groups in total. The molecule has 0 saturated carbocycles. The summed E-state index contributed by atoms with van der Waals surface area (Å²) in [5.74, 6) is 3.08. The van der Waals surface area contributed by atoms with Crippen molar-refractivity contribution in [1.82, 2.24) is 10.2 Å². The quantitative estimate of drug-likeness (QED) is 0.330. The van der Waals surface area contributed by atoms with Gasteiger partial charge in [-0.1, -0.05) is 42.5 Å². The number of aliphatic imine (C=N–C) groups is 1. The highest BCUT2D eigenvalue weighted by Gasteiger charge is 2.26. The lowest BCUT2D eigenvalue weighted by Gasteiger charge is -2.26. The molecule has 2 atom stereocenters. The van der Waals surface area contributed by atoms with Gasteiger partial charge in [-0.2, -0.15) is 0 Å². The number of ether oxygens (including phenoxy) is 3. The zero-order valence-electron chi connectivity index (χ0n) is 18.0. The lowest BCUT2D eigenvalue weighted by molar-refractivity contribution is 0.0905. The number of hydrogen-bond acceptors (Lipinski definition) is 4. The molecule has 2 aromatic rings. The number of likely N-dealkylation sites (tertiary alicyclic amines) is 1. The van der Waals surface area contributed by atoms with Gasteiger partial charge in [-0.3, -0.25) is 0 Å². The third kappa shape index (κ3) is 6.74. The topological polar surface area (TPSA) is 55.3 Å². The largest absolute Gasteiger partial charge is 0.486 e. The van der Waals surface area contributed by atoms with Crippen LogP contribution in [0.1, 0.15) is 18.9 Å². The second-order valence-electron chi connectivity index (χ2n) is 7.79. The van der Waals surface area contributed by atoms with Crippen molar-refractivity contribution < 1.29 is 14.2 Å². The first-order chi connectivity index (χ1) is 14.8. The van der Waals surface area contributed by atoms with E-state index >= 15 is 0 Å². The monoisotopic (exact) mass is 537 g/mol. The van der Waals surface area contributed by atoms with Crippen LogP contribution in [0, 0.1) is 5.92 Å². The van der Waals surface area contributed by atoms with Crippen molar-refractivity contribution in [1.29, 1.82) is 0 Å². The number of fused-ring (bicyclic) bond motifs is 1. The molecule has 0 amide bonds. The van der Waals surface area contributed by atoms with Crippen LogP contribution in [0.25, 0.3) is 0 Å². The van der Waals surface area contributed by atoms with Crippen molar-refractivity contribution in [2.75, 3.05) is 39.4 Å². The van der Waals surface area contributed by atoms with Crippen molar-refractivity contribution in [3.63, 3.8) is 0 Å². The Morgan fingerprint density at radius 2 is 1.90 bits per heavy atom. The van der Waals surface area contributed by atoms with Gasteiger partial charge in [-0.05, 0) is 31.0 Å². The fourth-order valence-corrected chi connectivity index (χ4v) is 3.85. The summed E-state index contributed by atoms with van der Waals surface area (Å²) in [5, 5.41) is 3.42. The molecule has 2 aromatic carbocycles. The van der Waals surface area contributed by atoms with Gasteiger partial charge in [0.05, 0.1) is 19.8 Å².